The molecule has 0 heterocycles. The molecule has 0 aromatic carbocycles. The predicted molar refractivity (Wildman–Crippen MR) is 142 cm³/mol. The Labute approximate surface area is 222 Å². The van der Waals surface area contributed by atoms with Gasteiger partial charge in [-0.25, -0.2) is 0 Å². The number of rotatable bonds is 18. The molecular weight excluding hydrogens is 443 g/mol. The fraction of sp³-hybridized carbons (Fsp3) is 0.857. The van der Waals surface area contributed by atoms with Crippen molar-refractivity contribution in [3.8, 4) is 0 Å². The zero-order chi connectivity index (χ0) is 25.7. The summed E-state index contributed by atoms with van der Waals surface area (Å²) in [6, 6.07) is 0. The molecule has 0 saturated carbocycles. The molecule has 0 radical (unpaired) electrons. The quantitative estimate of drug-likeness (QED) is 0.0799. The van der Waals surface area contributed by atoms with E-state index in [1.54, 1.807) is 27.7 Å². The molecule has 0 unspecified atom stereocenters. The standard InChI is InChI=1S/C22H40O3.2C3H7O.Al/c1-3-4-5-6-7-8-9-10-11-12-13-14-15-16-17-18-19-25-22(24)20-21(2)23;2*1-3(2)4;/h10-11H,3-9,12-20H2,1-2H3;2*3H,1-2H3;/q;2*-1;+3. The third-order valence-corrected chi connectivity index (χ3v) is 4.31. The van der Waals surface area contributed by atoms with E-state index in [9.17, 15) is 19.8 Å². The summed E-state index contributed by atoms with van der Waals surface area (Å²) in [5.74, 6) is -0.522. The Hall–Kier alpha value is -0.668. The van der Waals surface area contributed by atoms with Gasteiger partial charge in [0.05, 0.1) is 6.61 Å². The number of allylic oxidation sites excluding steroid dienone is 2. The van der Waals surface area contributed by atoms with Crippen molar-refractivity contribution in [2.75, 3.05) is 6.61 Å². The number of esters is 1. The molecule has 34 heavy (non-hydrogen) atoms. The Kier molecular flexibility index (Phi) is 41.1. The summed E-state index contributed by atoms with van der Waals surface area (Å²) in [7, 11) is 0. The Morgan fingerprint density at radius 2 is 1.06 bits per heavy atom. The summed E-state index contributed by atoms with van der Waals surface area (Å²) in [6.45, 7) is 10.6. The molecule has 0 saturated heterocycles. The van der Waals surface area contributed by atoms with E-state index in [1.807, 2.05) is 0 Å². The molecule has 0 aromatic rings. The minimum Gasteiger partial charge on any atom is -0.852 e. The predicted octanol–water partition coefficient (Wildman–Crippen LogP) is 5.68. The average molecular weight is 498 g/mol. The van der Waals surface area contributed by atoms with Crippen molar-refractivity contribution in [2.24, 2.45) is 0 Å². The second kappa shape index (κ2) is 34.5. The monoisotopic (exact) mass is 497 g/mol. The second-order valence-electron chi connectivity index (χ2n) is 9.13. The topological polar surface area (TPSA) is 89.5 Å². The van der Waals surface area contributed by atoms with Gasteiger partial charge in [0.15, 0.2) is 0 Å². The van der Waals surface area contributed by atoms with Crippen LogP contribution in [0.3, 0.4) is 0 Å². The number of ketones is 1. The van der Waals surface area contributed by atoms with Crippen LogP contribution in [0, 0.1) is 0 Å². The van der Waals surface area contributed by atoms with E-state index in [0.29, 0.717) is 6.61 Å². The van der Waals surface area contributed by atoms with Crippen molar-refractivity contribution in [3.63, 3.8) is 0 Å². The van der Waals surface area contributed by atoms with Gasteiger partial charge in [0.1, 0.15) is 12.2 Å². The normalized spacial score (nSPS) is 10.3. The van der Waals surface area contributed by atoms with Crippen LogP contribution in [0.1, 0.15) is 138 Å². The van der Waals surface area contributed by atoms with Crippen molar-refractivity contribution in [2.45, 2.75) is 150 Å². The smallest absolute Gasteiger partial charge is 0.852 e. The first kappa shape index (κ1) is 40.5. The molecule has 0 aliphatic rings. The zero-order valence-electron chi connectivity index (χ0n) is 23.2. The van der Waals surface area contributed by atoms with Crippen LogP contribution in [0.5, 0.6) is 0 Å². The average Bonchev–Trinajstić information content (AvgIpc) is 2.69. The summed E-state index contributed by atoms with van der Waals surface area (Å²) in [5.41, 5.74) is 0. The van der Waals surface area contributed by atoms with Gasteiger partial charge in [-0.1, -0.05) is 105 Å². The van der Waals surface area contributed by atoms with Gasteiger partial charge in [-0.3, -0.25) is 9.59 Å². The molecule has 0 spiro atoms. The maximum atomic E-state index is 11.2. The van der Waals surface area contributed by atoms with Crippen molar-refractivity contribution < 1.29 is 24.5 Å². The van der Waals surface area contributed by atoms with Gasteiger partial charge < -0.3 is 14.9 Å². The number of hydrogen-bond acceptors (Lipinski definition) is 5. The molecule has 0 aromatic heterocycles. The van der Waals surface area contributed by atoms with E-state index in [0.717, 1.165) is 12.8 Å². The van der Waals surface area contributed by atoms with Crippen LogP contribution in [0.15, 0.2) is 12.2 Å². The van der Waals surface area contributed by atoms with Gasteiger partial charge in [0.2, 0.25) is 0 Å². The van der Waals surface area contributed by atoms with Gasteiger partial charge in [0, 0.05) is 0 Å². The fourth-order valence-corrected chi connectivity index (χ4v) is 2.79. The minimum absolute atomic E-state index is 0. The van der Waals surface area contributed by atoms with Crippen LogP contribution in [0.25, 0.3) is 0 Å². The first-order valence-electron chi connectivity index (χ1n) is 13.2. The Bertz CT molecular complexity index is 425. The van der Waals surface area contributed by atoms with Crippen molar-refractivity contribution in [1.82, 2.24) is 0 Å². The van der Waals surface area contributed by atoms with Gasteiger partial charge >= 0.3 is 23.3 Å². The number of hydrogen-bond donors (Lipinski definition) is 0. The molecule has 0 N–H and O–H groups in total. The summed E-state index contributed by atoms with van der Waals surface area (Å²) < 4.78 is 5.00. The fourth-order valence-electron chi connectivity index (χ4n) is 2.79. The molecule has 5 nitrogen and oxygen atoms in total. The second-order valence-corrected chi connectivity index (χ2v) is 9.13. The molecule has 0 rings (SSSR count). The third kappa shape index (κ3) is 57.8. The first-order chi connectivity index (χ1) is 15.6. The first-order valence-corrected chi connectivity index (χ1v) is 13.2. The molecule has 0 atom stereocenters. The van der Waals surface area contributed by atoms with E-state index in [-0.39, 0.29) is 35.5 Å². The summed E-state index contributed by atoms with van der Waals surface area (Å²) in [4.78, 5) is 21.9. The Morgan fingerprint density at radius 1 is 0.706 bits per heavy atom. The van der Waals surface area contributed by atoms with E-state index in [1.165, 1.54) is 84.0 Å². The van der Waals surface area contributed by atoms with Crippen LogP contribution in [0.4, 0.5) is 0 Å². The maximum Gasteiger partial charge on any atom is 3.00 e. The van der Waals surface area contributed by atoms with Crippen LogP contribution >= 0.6 is 0 Å². The Morgan fingerprint density at radius 3 is 1.44 bits per heavy atom. The molecule has 198 valence electrons. The van der Waals surface area contributed by atoms with E-state index < -0.39 is 12.2 Å². The van der Waals surface area contributed by atoms with Gasteiger partial charge in [-0.05, 0) is 39.0 Å². The number of ether oxygens (including phenoxy) is 1. The minimum atomic E-state index is -0.417. The molecular formula is C28H54AlO5+. The van der Waals surface area contributed by atoms with Crippen molar-refractivity contribution >= 4 is 29.1 Å². The third-order valence-electron chi connectivity index (χ3n) is 4.31. The van der Waals surface area contributed by atoms with Crippen LogP contribution < -0.4 is 10.2 Å². The molecule has 0 aliphatic heterocycles. The van der Waals surface area contributed by atoms with E-state index in [2.05, 4.69) is 19.1 Å². The Balaban J connectivity index is -0.000000430. The number of Topliss-reactive ketones (excluding diaryl/α,β-unsaturated/α-hetero) is 1. The maximum absolute atomic E-state index is 11.2. The van der Waals surface area contributed by atoms with Crippen LogP contribution in [0.2, 0.25) is 0 Å². The van der Waals surface area contributed by atoms with E-state index in [4.69, 9.17) is 4.74 Å². The SMILES string of the molecule is CC(C)[O-].CC(C)[O-].CCCCCCCCC=CCCCCCCCCOC(=O)CC(C)=O.[Al+3]. The van der Waals surface area contributed by atoms with E-state index >= 15 is 0 Å². The van der Waals surface area contributed by atoms with Crippen molar-refractivity contribution in [3.05, 3.63) is 12.2 Å². The summed E-state index contributed by atoms with van der Waals surface area (Å²) in [6.07, 6.45) is 21.5. The number of carbonyl (C=O) groups excluding carboxylic acids is 2. The summed E-state index contributed by atoms with van der Waals surface area (Å²) in [5, 5.41) is 19.1. The molecule has 0 aliphatic carbocycles. The largest absolute Gasteiger partial charge is 3.00 e. The van der Waals surface area contributed by atoms with Gasteiger partial charge in [0.25, 0.3) is 0 Å². The summed E-state index contributed by atoms with van der Waals surface area (Å²) >= 11 is 0. The van der Waals surface area contributed by atoms with Crippen LogP contribution in [-0.4, -0.2) is 47.9 Å². The van der Waals surface area contributed by atoms with Crippen molar-refractivity contribution in [1.29, 1.82) is 0 Å². The molecule has 0 amide bonds. The van der Waals surface area contributed by atoms with Crippen LogP contribution in [-0.2, 0) is 14.3 Å². The molecule has 0 fully saturated rings. The number of carbonyl (C=O) groups is 2. The molecule has 0 bridgehead atoms. The van der Waals surface area contributed by atoms with Gasteiger partial charge in [-0.2, -0.15) is 0 Å². The zero-order valence-corrected chi connectivity index (χ0v) is 24.4. The number of unbranched alkanes of at least 4 members (excludes halogenated alkanes) is 12. The molecule has 6 heteroatoms. The van der Waals surface area contributed by atoms with Gasteiger partial charge in [-0.15, -0.1) is 12.2 Å².